The molecule has 4 rings (SSSR count). The Bertz CT molecular complexity index is 1230. The third kappa shape index (κ3) is 5.69. The number of amides is 2. The molecule has 0 spiro atoms. The number of carbonyl (C=O) groups excluding carboxylic acids is 2. The zero-order chi connectivity index (χ0) is 22.3. The van der Waals surface area contributed by atoms with E-state index in [0.717, 1.165) is 21.0 Å². The molecule has 0 bridgehead atoms. The molecule has 9 heteroatoms. The highest BCUT2D eigenvalue weighted by molar-refractivity contribution is 7.16. The standard InChI is InChI=1S/C23H18ClN5O2S/c24-17-3-1-16(2-4-17)21-11-9-20(32-21)10-12-22(30)26-13-23(31)28-18-5-7-19(8-6-18)29-15-25-14-27-29/h1-12,14-15H,13H2,(H,26,30)(H,28,31). The second-order valence-electron chi connectivity index (χ2n) is 6.70. The monoisotopic (exact) mass is 463 g/mol. The van der Waals surface area contributed by atoms with Crippen LogP contribution in [0.1, 0.15) is 4.88 Å². The highest BCUT2D eigenvalue weighted by atomic mass is 35.5. The summed E-state index contributed by atoms with van der Waals surface area (Å²) in [7, 11) is 0. The molecule has 2 heterocycles. The van der Waals surface area contributed by atoms with Gasteiger partial charge in [0.2, 0.25) is 11.8 Å². The minimum Gasteiger partial charge on any atom is -0.343 e. The molecule has 2 aromatic heterocycles. The minimum absolute atomic E-state index is 0.130. The Hall–Kier alpha value is -3.75. The number of hydrogen-bond acceptors (Lipinski definition) is 5. The molecule has 2 amide bonds. The first-order valence-electron chi connectivity index (χ1n) is 9.63. The topological polar surface area (TPSA) is 88.9 Å². The van der Waals surface area contributed by atoms with Gasteiger partial charge in [0.25, 0.3) is 0 Å². The van der Waals surface area contributed by atoms with Crippen molar-refractivity contribution in [3.8, 4) is 16.1 Å². The number of halogens is 1. The number of anilines is 1. The summed E-state index contributed by atoms with van der Waals surface area (Å²) in [4.78, 5) is 30.1. The average Bonchev–Trinajstić information content (AvgIpc) is 3.50. The molecule has 0 aliphatic rings. The zero-order valence-corrected chi connectivity index (χ0v) is 18.3. The van der Waals surface area contributed by atoms with Crippen molar-refractivity contribution in [3.63, 3.8) is 0 Å². The van der Waals surface area contributed by atoms with Crippen molar-refractivity contribution in [2.75, 3.05) is 11.9 Å². The quantitative estimate of drug-likeness (QED) is 0.397. The number of carbonyl (C=O) groups is 2. The van der Waals surface area contributed by atoms with Gasteiger partial charge in [0.15, 0.2) is 0 Å². The molecule has 0 unspecified atom stereocenters. The molecule has 0 aliphatic heterocycles. The smallest absolute Gasteiger partial charge is 0.244 e. The van der Waals surface area contributed by atoms with Crippen LogP contribution in [0.15, 0.2) is 79.4 Å². The van der Waals surface area contributed by atoms with E-state index < -0.39 is 0 Å². The molecule has 0 saturated heterocycles. The van der Waals surface area contributed by atoms with Crippen LogP contribution in [0.3, 0.4) is 0 Å². The van der Waals surface area contributed by atoms with Crippen LogP contribution in [-0.2, 0) is 9.59 Å². The van der Waals surface area contributed by atoms with Crippen molar-refractivity contribution in [1.82, 2.24) is 20.1 Å². The van der Waals surface area contributed by atoms with E-state index in [1.165, 1.54) is 12.4 Å². The third-order valence-corrected chi connectivity index (χ3v) is 5.76. The number of rotatable bonds is 7. The van der Waals surface area contributed by atoms with Gasteiger partial charge in [0.1, 0.15) is 12.7 Å². The molecule has 4 aromatic rings. The largest absolute Gasteiger partial charge is 0.343 e. The molecular formula is C23H18ClN5O2S. The van der Waals surface area contributed by atoms with E-state index in [-0.39, 0.29) is 18.4 Å². The van der Waals surface area contributed by atoms with Gasteiger partial charge in [0.05, 0.1) is 12.2 Å². The molecule has 2 aromatic carbocycles. The molecular weight excluding hydrogens is 446 g/mol. The van der Waals surface area contributed by atoms with Crippen LogP contribution in [-0.4, -0.2) is 33.1 Å². The fraction of sp³-hybridized carbons (Fsp3) is 0.0435. The predicted molar refractivity (Wildman–Crippen MR) is 127 cm³/mol. The maximum absolute atomic E-state index is 12.1. The predicted octanol–water partition coefficient (Wildman–Crippen LogP) is 4.42. The van der Waals surface area contributed by atoms with E-state index in [2.05, 4.69) is 20.7 Å². The summed E-state index contributed by atoms with van der Waals surface area (Å²) in [5.74, 6) is -0.662. The van der Waals surface area contributed by atoms with E-state index >= 15 is 0 Å². The van der Waals surface area contributed by atoms with E-state index in [1.54, 1.807) is 40.6 Å². The first kappa shape index (κ1) is 21.5. The number of benzene rings is 2. The average molecular weight is 464 g/mol. The highest BCUT2D eigenvalue weighted by Gasteiger charge is 2.06. The van der Waals surface area contributed by atoms with E-state index in [1.807, 2.05) is 48.5 Å². The van der Waals surface area contributed by atoms with Gasteiger partial charge >= 0.3 is 0 Å². The summed E-state index contributed by atoms with van der Waals surface area (Å²) >= 11 is 7.49. The Kier molecular flexibility index (Phi) is 6.74. The van der Waals surface area contributed by atoms with E-state index in [9.17, 15) is 9.59 Å². The Morgan fingerprint density at radius 2 is 1.81 bits per heavy atom. The van der Waals surface area contributed by atoms with E-state index in [0.29, 0.717) is 10.7 Å². The molecule has 0 fully saturated rings. The second-order valence-corrected chi connectivity index (χ2v) is 8.25. The lowest BCUT2D eigenvalue weighted by atomic mass is 10.2. The molecule has 7 nitrogen and oxygen atoms in total. The molecule has 2 N–H and O–H groups in total. The Morgan fingerprint density at radius 1 is 1.03 bits per heavy atom. The maximum atomic E-state index is 12.1. The van der Waals surface area contributed by atoms with Crippen LogP contribution in [0.4, 0.5) is 5.69 Å². The Morgan fingerprint density at radius 3 is 2.53 bits per heavy atom. The van der Waals surface area contributed by atoms with Gasteiger partial charge in [-0.1, -0.05) is 23.7 Å². The van der Waals surface area contributed by atoms with Crippen LogP contribution in [0.25, 0.3) is 22.2 Å². The second kappa shape index (κ2) is 10.0. The number of hydrogen-bond donors (Lipinski definition) is 2. The first-order chi connectivity index (χ1) is 15.6. The van der Waals surface area contributed by atoms with Gasteiger partial charge in [0, 0.05) is 26.5 Å². The van der Waals surface area contributed by atoms with Crippen molar-refractivity contribution in [2.24, 2.45) is 0 Å². The van der Waals surface area contributed by atoms with Gasteiger partial charge < -0.3 is 10.6 Å². The molecule has 0 radical (unpaired) electrons. The van der Waals surface area contributed by atoms with Crippen LogP contribution in [0.2, 0.25) is 5.02 Å². The first-order valence-corrected chi connectivity index (χ1v) is 10.8. The van der Waals surface area contributed by atoms with Crippen molar-refractivity contribution in [3.05, 3.63) is 89.3 Å². The number of nitrogens with one attached hydrogen (secondary N) is 2. The van der Waals surface area contributed by atoms with Gasteiger partial charge in [-0.3, -0.25) is 9.59 Å². The molecule has 160 valence electrons. The lowest BCUT2D eigenvalue weighted by molar-refractivity contribution is -0.121. The van der Waals surface area contributed by atoms with Crippen molar-refractivity contribution >= 4 is 46.5 Å². The highest BCUT2D eigenvalue weighted by Crippen LogP contribution is 2.29. The van der Waals surface area contributed by atoms with Crippen LogP contribution >= 0.6 is 22.9 Å². The Balaban J connectivity index is 1.25. The number of nitrogens with zero attached hydrogens (tertiary/aromatic N) is 3. The zero-order valence-electron chi connectivity index (χ0n) is 16.7. The van der Waals surface area contributed by atoms with Gasteiger partial charge in [-0.05, 0) is 60.2 Å². The van der Waals surface area contributed by atoms with Crippen LogP contribution < -0.4 is 10.6 Å². The van der Waals surface area contributed by atoms with Gasteiger partial charge in [-0.15, -0.1) is 11.3 Å². The summed E-state index contributed by atoms with van der Waals surface area (Å²) in [6, 6.07) is 18.7. The summed E-state index contributed by atoms with van der Waals surface area (Å²) in [6.07, 6.45) is 6.17. The summed E-state index contributed by atoms with van der Waals surface area (Å²) in [6.45, 7) is -0.130. The normalized spacial score (nSPS) is 10.9. The molecule has 0 saturated carbocycles. The summed E-state index contributed by atoms with van der Waals surface area (Å²) in [5, 5.41) is 10.1. The summed E-state index contributed by atoms with van der Waals surface area (Å²) in [5.41, 5.74) is 2.51. The van der Waals surface area contributed by atoms with Crippen molar-refractivity contribution in [2.45, 2.75) is 0 Å². The number of thiophene rings is 1. The van der Waals surface area contributed by atoms with E-state index in [4.69, 9.17) is 11.6 Å². The van der Waals surface area contributed by atoms with Crippen LogP contribution in [0, 0.1) is 0 Å². The lowest BCUT2D eigenvalue weighted by Crippen LogP contribution is -2.31. The fourth-order valence-corrected chi connectivity index (χ4v) is 3.88. The third-order valence-electron chi connectivity index (χ3n) is 4.41. The molecule has 0 atom stereocenters. The number of aromatic nitrogens is 3. The SMILES string of the molecule is O=C(C=Cc1ccc(-c2ccc(Cl)cc2)s1)NCC(=O)Nc1ccc(-n2cncn2)cc1. The maximum Gasteiger partial charge on any atom is 0.244 e. The fourth-order valence-electron chi connectivity index (χ4n) is 2.84. The molecule has 0 aliphatic carbocycles. The minimum atomic E-state index is -0.344. The van der Waals surface area contributed by atoms with Crippen LogP contribution in [0.5, 0.6) is 0 Å². The summed E-state index contributed by atoms with van der Waals surface area (Å²) < 4.78 is 1.62. The van der Waals surface area contributed by atoms with Gasteiger partial charge in [-0.2, -0.15) is 5.10 Å². The Labute approximate surface area is 193 Å². The van der Waals surface area contributed by atoms with Crippen molar-refractivity contribution in [1.29, 1.82) is 0 Å². The lowest BCUT2D eigenvalue weighted by Gasteiger charge is -2.07. The van der Waals surface area contributed by atoms with Gasteiger partial charge in [-0.25, -0.2) is 9.67 Å². The molecule has 32 heavy (non-hydrogen) atoms. The van der Waals surface area contributed by atoms with Crippen molar-refractivity contribution < 1.29 is 9.59 Å².